The van der Waals surface area contributed by atoms with Crippen molar-refractivity contribution in [3.63, 3.8) is 0 Å². The van der Waals surface area contributed by atoms with E-state index in [0.29, 0.717) is 0 Å². The number of fused-ring (bicyclic) bond motifs is 9. The van der Waals surface area contributed by atoms with Crippen LogP contribution in [-0.4, -0.2) is 9.13 Å². The topological polar surface area (TPSA) is 9.86 Å². The monoisotopic (exact) mass is 610 g/mol. The Hall–Kier alpha value is -6.38. The Morgan fingerprint density at radius 1 is 0.312 bits per heavy atom. The van der Waals surface area contributed by atoms with Gasteiger partial charge >= 0.3 is 0 Å². The van der Waals surface area contributed by atoms with Gasteiger partial charge in [-0.3, -0.25) is 0 Å². The van der Waals surface area contributed by atoms with E-state index in [1.807, 2.05) is 0 Å². The van der Waals surface area contributed by atoms with Gasteiger partial charge in [0.25, 0.3) is 0 Å². The Morgan fingerprint density at radius 2 is 0.896 bits per heavy atom. The molecule has 0 saturated heterocycles. The number of hydrogen-bond acceptors (Lipinski definition) is 0. The van der Waals surface area contributed by atoms with Gasteiger partial charge in [0.1, 0.15) is 0 Å². The Labute approximate surface area is 278 Å². The fraction of sp³-hybridized carbons (Fsp3) is 0. The highest BCUT2D eigenvalue weighted by Gasteiger charge is 2.22. The van der Waals surface area contributed by atoms with Gasteiger partial charge in [-0.15, -0.1) is 0 Å². The predicted octanol–water partition coefficient (Wildman–Crippen LogP) is 12.4. The van der Waals surface area contributed by atoms with Crippen molar-refractivity contribution in [3.05, 3.63) is 182 Å². The molecule has 0 amide bonds. The molecule has 0 spiro atoms. The van der Waals surface area contributed by atoms with Crippen LogP contribution in [0.1, 0.15) is 0 Å². The highest BCUT2D eigenvalue weighted by Crippen LogP contribution is 2.44. The smallest absolute Gasteiger partial charge is 0.0619 e. The molecule has 8 aromatic carbocycles. The molecule has 0 bridgehead atoms. The summed E-state index contributed by atoms with van der Waals surface area (Å²) in [6.07, 6.45) is 0. The van der Waals surface area contributed by atoms with Crippen molar-refractivity contribution in [1.82, 2.24) is 9.13 Å². The lowest BCUT2D eigenvalue weighted by Gasteiger charge is -2.14. The molecule has 0 atom stereocenters. The quantitative estimate of drug-likeness (QED) is 0.188. The second-order valence-corrected chi connectivity index (χ2v) is 12.5. The summed E-state index contributed by atoms with van der Waals surface area (Å²) in [6.45, 7) is 0. The Kier molecular flexibility index (Phi) is 5.91. The summed E-state index contributed by atoms with van der Waals surface area (Å²) in [6, 6.07) is 66.1. The summed E-state index contributed by atoms with van der Waals surface area (Å²) >= 11 is 0. The zero-order chi connectivity index (χ0) is 31.6. The van der Waals surface area contributed by atoms with Crippen molar-refractivity contribution < 1.29 is 0 Å². The van der Waals surface area contributed by atoms with Gasteiger partial charge in [0.2, 0.25) is 0 Å². The van der Waals surface area contributed by atoms with Crippen LogP contribution in [0.25, 0.3) is 88.0 Å². The highest BCUT2D eigenvalue weighted by atomic mass is 15.0. The van der Waals surface area contributed by atoms with Gasteiger partial charge in [-0.25, -0.2) is 0 Å². The van der Waals surface area contributed by atoms with E-state index in [0.717, 1.165) is 5.69 Å². The molecule has 0 fully saturated rings. The zero-order valence-corrected chi connectivity index (χ0v) is 26.2. The van der Waals surface area contributed by atoms with Gasteiger partial charge in [-0.2, -0.15) is 0 Å². The first-order valence-corrected chi connectivity index (χ1v) is 16.5. The molecule has 224 valence electrons. The Morgan fingerprint density at radius 3 is 1.71 bits per heavy atom. The number of hydrogen-bond donors (Lipinski definition) is 0. The SMILES string of the molecule is c1ccc(-c2ccccc2-c2cccc(-n3c4ccc5c(c6ccccc6n5-c5ccccc5)c4c4ccc5ccccc5c43)c2)cc1. The Bertz CT molecular complexity index is 2820. The fourth-order valence-corrected chi connectivity index (χ4v) is 7.87. The first-order valence-electron chi connectivity index (χ1n) is 16.5. The van der Waals surface area contributed by atoms with Crippen LogP contribution >= 0.6 is 0 Å². The lowest BCUT2D eigenvalue weighted by Crippen LogP contribution is -1.96. The number of rotatable bonds is 4. The maximum absolute atomic E-state index is 2.50. The molecular formula is C46H30N2. The van der Waals surface area contributed by atoms with E-state index >= 15 is 0 Å². The van der Waals surface area contributed by atoms with Crippen molar-refractivity contribution in [2.75, 3.05) is 0 Å². The van der Waals surface area contributed by atoms with Crippen LogP contribution in [0.15, 0.2) is 182 Å². The first-order chi connectivity index (χ1) is 23.8. The maximum Gasteiger partial charge on any atom is 0.0619 e. The molecule has 2 nitrogen and oxygen atoms in total. The van der Waals surface area contributed by atoms with Crippen LogP contribution in [-0.2, 0) is 0 Å². The largest absolute Gasteiger partial charge is 0.309 e. The summed E-state index contributed by atoms with van der Waals surface area (Å²) in [4.78, 5) is 0. The van der Waals surface area contributed by atoms with Gasteiger partial charge < -0.3 is 9.13 Å². The number of para-hydroxylation sites is 2. The minimum atomic E-state index is 1.15. The molecule has 0 radical (unpaired) electrons. The minimum Gasteiger partial charge on any atom is -0.309 e. The molecule has 10 aromatic rings. The average molecular weight is 611 g/mol. The van der Waals surface area contributed by atoms with Gasteiger partial charge in [-0.05, 0) is 70.1 Å². The molecule has 0 aliphatic carbocycles. The maximum atomic E-state index is 2.50. The lowest BCUT2D eigenvalue weighted by atomic mass is 9.94. The van der Waals surface area contributed by atoms with E-state index in [4.69, 9.17) is 0 Å². The van der Waals surface area contributed by atoms with Crippen LogP contribution in [0.3, 0.4) is 0 Å². The van der Waals surface area contributed by atoms with E-state index in [-0.39, 0.29) is 0 Å². The molecule has 10 rings (SSSR count). The van der Waals surface area contributed by atoms with E-state index < -0.39 is 0 Å². The molecular weight excluding hydrogens is 581 g/mol. The molecule has 0 aliphatic rings. The molecule has 2 heterocycles. The van der Waals surface area contributed by atoms with Crippen molar-refractivity contribution in [2.24, 2.45) is 0 Å². The van der Waals surface area contributed by atoms with E-state index in [9.17, 15) is 0 Å². The third-order valence-electron chi connectivity index (χ3n) is 9.89. The summed E-state index contributed by atoms with van der Waals surface area (Å²) in [5, 5.41) is 7.59. The molecule has 2 aromatic heterocycles. The summed E-state index contributed by atoms with van der Waals surface area (Å²) in [7, 11) is 0. The van der Waals surface area contributed by atoms with Crippen LogP contribution in [0, 0.1) is 0 Å². The normalized spacial score (nSPS) is 11.8. The molecule has 0 aliphatic heterocycles. The molecule has 2 heteroatoms. The van der Waals surface area contributed by atoms with Crippen molar-refractivity contribution >= 4 is 54.4 Å². The summed E-state index contributed by atoms with van der Waals surface area (Å²) in [5.74, 6) is 0. The number of aromatic nitrogens is 2. The first kappa shape index (κ1) is 26.8. The second kappa shape index (κ2) is 10.6. The van der Waals surface area contributed by atoms with Crippen LogP contribution in [0.5, 0.6) is 0 Å². The van der Waals surface area contributed by atoms with Crippen LogP contribution in [0.2, 0.25) is 0 Å². The second-order valence-electron chi connectivity index (χ2n) is 12.5. The van der Waals surface area contributed by atoms with Gasteiger partial charge in [-0.1, -0.05) is 140 Å². The van der Waals surface area contributed by atoms with Crippen molar-refractivity contribution in [2.45, 2.75) is 0 Å². The van der Waals surface area contributed by atoms with Gasteiger partial charge in [0.15, 0.2) is 0 Å². The standard InChI is InChI=1S/C46H30N2/c1-3-14-31(15-4-1)36-21-9-10-22-37(36)33-17-13-20-35(30-33)48-43-29-28-42-44(45(43)40-27-26-32-16-7-8-23-38(32)46(40)48)39-24-11-12-25-41(39)47(42)34-18-5-2-6-19-34/h1-30H. The molecule has 0 unspecified atom stereocenters. The summed E-state index contributed by atoms with van der Waals surface area (Å²) in [5.41, 5.74) is 12.1. The molecule has 48 heavy (non-hydrogen) atoms. The highest BCUT2D eigenvalue weighted by molar-refractivity contribution is 6.31. The third-order valence-corrected chi connectivity index (χ3v) is 9.89. The van der Waals surface area contributed by atoms with Crippen LogP contribution < -0.4 is 0 Å². The lowest BCUT2D eigenvalue weighted by molar-refractivity contribution is 1.17. The Balaban J connectivity index is 1.33. The third kappa shape index (κ3) is 3.93. The number of benzene rings is 8. The predicted molar refractivity (Wildman–Crippen MR) is 203 cm³/mol. The average Bonchev–Trinajstić information content (AvgIpc) is 3.69. The van der Waals surface area contributed by atoms with Gasteiger partial charge in [0, 0.05) is 38.3 Å². The van der Waals surface area contributed by atoms with Gasteiger partial charge in [0.05, 0.1) is 22.1 Å². The molecule has 0 N–H and O–H groups in total. The van der Waals surface area contributed by atoms with Crippen molar-refractivity contribution in [1.29, 1.82) is 0 Å². The van der Waals surface area contributed by atoms with E-state index in [2.05, 4.69) is 191 Å². The van der Waals surface area contributed by atoms with E-state index in [1.54, 1.807) is 0 Å². The molecule has 0 saturated carbocycles. The summed E-state index contributed by atoms with van der Waals surface area (Å²) < 4.78 is 4.91. The minimum absolute atomic E-state index is 1.15. The fourth-order valence-electron chi connectivity index (χ4n) is 7.87. The number of nitrogens with zero attached hydrogens (tertiary/aromatic N) is 2. The zero-order valence-electron chi connectivity index (χ0n) is 26.2. The van der Waals surface area contributed by atoms with Crippen molar-refractivity contribution in [3.8, 4) is 33.6 Å². The van der Waals surface area contributed by atoms with Crippen LogP contribution in [0.4, 0.5) is 0 Å². The van der Waals surface area contributed by atoms with E-state index in [1.165, 1.54) is 82.3 Å².